The van der Waals surface area contributed by atoms with Crippen LogP contribution in [0.15, 0.2) is 22.7 Å². The topological polar surface area (TPSA) is 64.9 Å². The van der Waals surface area contributed by atoms with E-state index in [2.05, 4.69) is 10.1 Å². The van der Waals surface area contributed by atoms with Gasteiger partial charge >= 0.3 is 0 Å². The van der Waals surface area contributed by atoms with Gasteiger partial charge in [-0.05, 0) is 30.1 Å². The summed E-state index contributed by atoms with van der Waals surface area (Å²) in [6, 6.07) is 3.08. The van der Waals surface area contributed by atoms with Gasteiger partial charge in [-0.1, -0.05) is 11.2 Å². The van der Waals surface area contributed by atoms with Gasteiger partial charge in [-0.15, -0.1) is 0 Å². The molecule has 1 heterocycles. The third kappa shape index (κ3) is 3.77. The van der Waals surface area contributed by atoms with Crippen molar-refractivity contribution in [1.82, 2.24) is 10.1 Å². The number of halogens is 2. The maximum Gasteiger partial charge on any atom is 0.243 e. The summed E-state index contributed by atoms with van der Waals surface area (Å²) < 4.78 is 31.4. The summed E-state index contributed by atoms with van der Waals surface area (Å²) in [6.45, 7) is 0. The summed E-state index contributed by atoms with van der Waals surface area (Å²) in [7, 11) is 0. The highest BCUT2D eigenvalue weighted by atomic mass is 32.2. The lowest BCUT2D eigenvalue weighted by atomic mass is 10.1. The van der Waals surface area contributed by atoms with Gasteiger partial charge in [0.15, 0.2) is 5.82 Å². The minimum absolute atomic E-state index is 0.144. The van der Waals surface area contributed by atoms with Crippen molar-refractivity contribution in [3.05, 3.63) is 47.1 Å². The highest BCUT2D eigenvalue weighted by Crippen LogP contribution is 2.17. The number of thioether (sulfide) groups is 1. The molecule has 1 aromatic carbocycles. The number of benzene rings is 1. The Kier molecular flexibility index (Phi) is 5.08. The molecule has 0 radical (unpaired) electrons. The summed E-state index contributed by atoms with van der Waals surface area (Å²) in [5, 5.41) is 3.77. The molecule has 2 rings (SSSR count). The van der Waals surface area contributed by atoms with Crippen LogP contribution in [0.5, 0.6) is 0 Å². The molecule has 0 amide bonds. The first-order valence-electron chi connectivity index (χ1n) is 6.11. The van der Waals surface area contributed by atoms with Crippen LogP contribution >= 0.6 is 11.8 Å². The van der Waals surface area contributed by atoms with E-state index < -0.39 is 11.6 Å². The second kappa shape index (κ2) is 6.81. The largest absolute Gasteiger partial charge is 0.338 e. The zero-order valence-electron chi connectivity index (χ0n) is 11.0. The molecular weight excluding hydrogens is 284 g/mol. The predicted octanol–water partition coefficient (Wildman–Crippen LogP) is 2.69. The fourth-order valence-electron chi connectivity index (χ4n) is 1.69. The Morgan fingerprint density at radius 1 is 1.40 bits per heavy atom. The number of nitrogens with zero attached hydrogens (tertiary/aromatic N) is 2. The smallest absolute Gasteiger partial charge is 0.243 e. The number of hydrogen-bond acceptors (Lipinski definition) is 5. The maximum atomic E-state index is 13.5. The molecule has 0 aliphatic rings. The summed E-state index contributed by atoms with van der Waals surface area (Å²) in [5.74, 6) is 0.342. The third-order valence-electron chi connectivity index (χ3n) is 2.80. The highest BCUT2D eigenvalue weighted by molar-refractivity contribution is 7.98. The fraction of sp³-hybridized carbons (Fsp3) is 0.385. The van der Waals surface area contributed by atoms with E-state index in [9.17, 15) is 8.78 Å². The van der Waals surface area contributed by atoms with E-state index in [0.29, 0.717) is 17.3 Å². The minimum Gasteiger partial charge on any atom is -0.338 e. The van der Waals surface area contributed by atoms with Crippen LogP contribution in [-0.2, 0) is 6.42 Å². The van der Waals surface area contributed by atoms with Crippen LogP contribution in [0.2, 0.25) is 0 Å². The van der Waals surface area contributed by atoms with Crippen LogP contribution in [0.3, 0.4) is 0 Å². The lowest BCUT2D eigenvalue weighted by Crippen LogP contribution is -2.11. The molecule has 0 aliphatic heterocycles. The van der Waals surface area contributed by atoms with Crippen LogP contribution in [-0.4, -0.2) is 22.1 Å². The van der Waals surface area contributed by atoms with E-state index in [0.717, 1.165) is 18.2 Å². The molecule has 0 saturated carbocycles. The van der Waals surface area contributed by atoms with Crippen molar-refractivity contribution in [2.75, 3.05) is 12.0 Å². The lowest BCUT2D eigenvalue weighted by molar-refractivity contribution is 0.349. The monoisotopic (exact) mass is 299 g/mol. The van der Waals surface area contributed by atoms with Gasteiger partial charge in [0.1, 0.15) is 11.6 Å². The van der Waals surface area contributed by atoms with Crippen LogP contribution in [0.1, 0.15) is 29.7 Å². The van der Waals surface area contributed by atoms with Gasteiger partial charge in [0.25, 0.3) is 0 Å². The number of nitrogens with two attached hydrogens (primary N) is 1. The zero-order valence-corrected chi connectivity index (χ0v) is 11.8. The normalized spacial score (nSPS) is 12.6. The quantitative estimate of drug-likeness (QED) is 0.888. The van der Waals surface area contributed by atoms with E-state index in [1.165, 1.54) is 12.1 Å². The summed E-state index contributed by atoms with van der Waals surface area (Å²) in [5.41, 5.74) is 6.22. The maximum absolute atomic E-state index is 13.5. The molecule has 0 saturated heterocycles. The van der Waals surface area contributed by atoms with Gasteiger partial charge < -0.3 is 10.3 Å². The van der Waals surface area contributed by atoms with Crippen molar-refractivity contribution >= 4 is 11.8 Å². The van der Waals surface area contributed by atoms with Crippen LogP contribution in [0.4, 0.5) is 8.78 Å². The molecule has 1 atom stereocenters. The van der Waals surface area contributed by atoms with E-state index in [1.54, 1.807) is 11.8 Å². The van der Waals surface area contributed by atoms with Crippen LogP contribution in [0, 0.1) is 11.6 Å². The van der Waals surface area contributed by atoms with Gasteiger partial charge in [-0.2, -0.15) is 16.7 Å². The molecule has 1 aromatic heterocycles. The first-order valence-corrected chi connectivity index (χ1v) is 7.50. The van der Waals surface area contributed by atoms with Crippen molar-refractivity contribution in [2.45, 2.75) is 18.9 Å². The van der Waals surface area contributed by atoms with Gasteiger partial charge in [0.2, 0.25) is 5.89 Å². The highest BCUT2D eigenvalue weighted by Gasteiger charge is 2.15. The number of hydrogen-bond donors (Lipinski definition) is 1. The minimum atomic E-state index is -0.622. The Balaban J connectivity index is 2.05. The second-order valence-corrected chi connectivity index (χ2v) is 5.33. The standard InChI is InChI=1S/C13H15F2N3OS/c1-20-5-4-11(16)13-17-12(18-19-13)6-8-2-3-9(14)7-10(8)15/h2-3,7,11H,4-6,16H2,1H3. The van der Waals surface area contributed by atoms with E-state index in [-0.39, 0.29) is 12.5 Å². The van der Waals surface area contributed by atoms with Crippen molar-refractivity contribution in [3.8, 4) is 0 Å². The molecule has 108 valence electrons. The van der Waals surface area contributed by atoms with E-state index in [4.69, 9.17) is 10.3 Å². The van der Waals surface area contributed by atoms with Gasteiger partial charge in [0, 0.05) is 12.5 Å². The molecule has 20 heavy (non-hydrogen) atoms. The summed E-state index contributed by atoms with van der Waals surface area (Å²) >= 11 is 1.68. The van der Waals surface area contributed by atoms with E-state index in [1.807, 2.05) is 6.26 Å². The molecule has 0 fully saturated rings. The lowest BCUT2D eigenvalue weighted by Gasteiger charge is -2.03. The molecule has 7 heteroatoms. The molecule has 0 spiro atoms. The second-order valence-electron chi connectivity index (χ2n) is 4.35. The summed E-state index contributed by atoms with van der Waals surface area (Å²) in [6.07, 6.45) is 2.86. The Hall–Kier alpha value is -1.47. The molecule has 2 N–H and O–H groups in total. The van der Waals surface area contributed by atoms with Crippen molar-refractivity contribution in [3.63, 3.8) is 0 Å². The Labute approximate surface area is 119 Å². The number of aromatic nitrogens is 2. The Morgan fingerprint density at radius 3 is 2.90 bits per heavy atom. The number of rotatable bonds is 6. The van der Waals surface area contributed by atoms with Gasteiger partial charge in [0.05, 0.1) is 6.04 Å². The Morgan fingerprint density at radius 2 is 2.20 bits per heavy atom. The molecular formula is C13H15F2N3OS. The molecule has 0 bridgehead atoms. The third-order valence-corrected chi connectivity index (χ3v) is 3.44. The van der Waals surface area contributed by atoms with Gasteiger partial charge in [-0.25, -0.2) is 8.78 Å². The average Bonchev–Trinajstić information content (AvgIpc) is 2.88. The molecule has 4 nitrogen and oxygen atoms in total. The van der Waals surface area contributed by atoms with Gasteiger partial charge in [-0.3, -0.25) is 0 Å². The Bertz CT molecular complexity index is 576. The first-order chi connectivity index (χ1) is 9.60. The SMILES string of the molecule is CSCCC(N)c1nc(Cc2ccc(F)cc2F)no1. The predicted molar refractivity (Wildman–Crippen MR) is 73.4 cm³/mol. The molecule has 0 aliphatic carbocycles. The average molecular weight is 299 g/mol. The zero-order chi connectivity index (χ0) is 14.5. The molecule has 2 aromatic rings. The van der Waals surface area contributed by atoms with Crippen LogP contribution in [0.25, 0.3) is 0 Å². The first kappa shape index (κ1) is 14.9. The molecule has 1 unspecified atom stereocenters. The summed E-state index contributed by atoms with van der Waals surface area (Å²) in [4.78, 5) is 4.15. The van der Waals surface area contributed by atoms with E-state index >= 15 is 0 Å². The van der Waals surface area contributed by atoms with Crippen molar-refractivity contribution in [2.24, 2.45) is 5.73 Å². The van der Waals surface area contributed by atoms with Crippen molar-refractivity contribution in [1.29, 1.82) is 0 Å². The fourth-order valence-corrected chi connectivity index (χ4v) is 2.18. The van der Waals surface area contributed by atoms with Crippen molar-refractivity contribution < 1.29 is 13.3 Å². The van der Waals surface area contributed by atoms with Crippen LogP contribution < -0.4 is 5.73 Å².